The molecular formula is C16H30O8P2. The average Bonchev–Trinajstić information content (AvgIpc) is 2.38. The van der Waals surface area contributed by atoms with Gasteiger partial charge in [0.25, 0.3) is 0 Å². The molecule has 0 aliphatic heterocycles. The van der Waals surface area contributed by atoms with Crippen LogP contribution >= 0.6 is 15.6 Å². The third-order valence-electron chi connectivity index (χ3n) is 3.31. The number of allylic oxidation sites excluding steroid dienone is 3. The summed E-state index contributed by atoms with van der Waals surface area (Å²) in [5, 5.41) is 0. The number of phosphoric ester groups is 1. The van der Waals surface area contributed by atoms with Crippen molar-refractivity contribution in [2.24, 2.45) is 11.3 Å². The van der Waals surface area contributed by atoms with Crippen molar-refractivity contribution in [3.63, 3.8) is 0 Å². The van der Waals surface area contributed by atoms with Gasteiger partial charge in [-0.15, -0.1) is 0 Å². The molecule has 0 aromatic rings. The van der Waals surface area contributed by atoms with Gasteiger partial charge in [0, 0.05) is 5.92 Å². The fourth-order valence-electron chi connectivity index (χ4n) is 2.23. The molecule has 0 saturated carbocycles. The molecular weight excluding hydrogens is 382 g/mol. The number of carbonyl (C=O) groups is 1. The molecule has 0 aliphatic carbocycles. The van der Waals surface area contributed by atoms with Crippen molar-refractivity contribution in [3.8, 4) is 0 Å². The van der Waals surface area contributed by atoms with Crippen LogP contribution in [-0.4, -0.2) is 26.6 Å². The maximum atomic E-state index is 11.7. The van der Waals surface area contributed by atoms with Crippen molar-refractivity contribution < 1.29 is 37.4 Å². The maximum absolute atomic E-state index is 11.7. The first-order valence-electron chi connectivity index (χ1n) is 8.08. The van der Waals surface area contributed by atoms with E-state index in [0.717, 1.165) is 11.9 Å². The summed E-state index contributed by atoms with van der Waals surface area (Å²) in [5.41, 5.74) is -0.357. The zero-order valence-electron chi connectivity index (χ0n) is 16.1. The molecule has 10 heteroatoms. The molecule has 0 spiro atoms. The van der Waals surface area contributed by atoms with E-state index in [1.54, 1.807) is 6.92 Å². The van der Waals surface area contributed by atoms with Crippen LogP contribution in [-0.2, 0) is 22.8 Å². The van der Waals surface area contributed by atoms with E-state index in [0.29, 0.717) is 6.42 Å². The van der Waals surface area contributed by atoms with Crippen LogP contribution in [0.25, 0.3) is 0 Å². The Bertz CT molecular complexity index is 630. The lowest BCUT2D eigenvalue weighted by Gasteiger charge is -2.27. The first kappa shape index (κ1) is 25.4. The van der Waals surface area contributed by atoms with E-state index in [1.807, 2.05) is 39.0 Å². The van der Waals surface area contributed by atoms with Gasteiger partial charge in [-0.2, -0.15) is 4.31 Å². The smallest absolute Gasteiger partial charge is 0.303 e. The number of carbonyl (C=O) groups excluding carboxylic acids is 1. The van der Waals surface area contributed by atoms with Crippen LogP contribution in [0.4, 0.5) is 0 Å². The summed E-state index contributed by atoms with van der Waals surface area (Å²) in [6.07, 6.45) is 7.44. The summed E-state index contributed by atoms with van der Waals surface area (Å²) < 4.78 is 31.0. The lowest BCUT2D eigenvalue weighted by Crippen LogP contribution is -2.22. The van der Waals surface area contributed by atoms with Gasteiger partial charge in [0.2, 0.25) is 0 Å². The molecule has 0 aromatic carbocycles. The summed E-state index contributed by atoms with van der Waals surface area (Å²) >= 11 is 0. The van der Waals surface area contributed by atoms with E-state index < -0.39 is 21.2 Å². The topological polar surface area (TPSA) is 130 Å². The van der Waals surface area contributed by atoms with Gasteiger partial charge in [-0.3, -0.25) is 4.52 Å². The normalized spacial score (nSPS) is 18.0. The number of aldehydes is 1. The van der Waals surface area contributed by atoms with Crippen molar-refractivity contribution in [1.29, 1.82) is 0 Å². The van der Waals surface area contributed by atoms with Crippen LogP contribution in [0.15, 0.2) is 23.8 Å². The van der Waals surface area contributed by atoms with Gasteiger partial charge in [0.15, 0.2) is 0 Å². The van der Waals surface area contributed by atoms with E-state index in [9.17, 15) is 18.8 Å². The standard InChI is InChI=1S/C16H30O8P2/c1-13(11-15(3,4)9-7-14(2)12-17)8-10-16(5,6)23-26(21,22)24-25(18,19)20/h7-9,12,14H,10-11H2,1-6H3,(H,21,22)(H2,18,19,20)/b9-7+,13-8?. The first-order chi connectivity index (χ1) is 11.5. The van der Waals surface area contributed by atoms with Crippen molar-refractivity contribution in [2.75, 3.05) is 0 Å². The van der Waals surface area contributed by atoms with E-state index in [2.05, 4.69) is 4.31 Å². The Morgan fingerprint density at radius 2 is 1.69 bits per heavy atom. The predicted molar refractivity (Wildman–Crippen MR) is 99.3 cm³/mol. The Kier molecular flexibility index (Phi) is 9.34. The van der Waals surface area contributed by atoms with Crippen LogP contribution < -0.4 is 0 Å². The Balaban J connectivity index is 4.90. The van der Waals surface area contributed by atoms with Gasteiger partial charge in [0.05, 0.1) is 5.60 Å². The second-order valence-electron chi connectivity index (χ2n) is 7.67. The first-order valence-corrected chi connectivity index (χ1v) is 11.1. The Hall–Kier alpha value is -0.590. The molecule has 8 nitrogen and oxygen atoms in total. The third-order valence-corrected chi connectivity index (χ3v) is 5.72. The van der Waals surface area contributed by atoms with Crippen molar-refractivity contribution in [3.05, 3.63) is 23.8 Å². The van der Waals surface area contributed by atoms with Crippen LogP contribution in [0.3, 0.4) is 0 Å². The minimum atomic E-state index is -5.14. The molecule has 26 heavy (non-hydrogen) atoms. The lowest BCUT2D eigenvalue weighted by atomic mass is 9.84. The van der Waals surface area contributed by atoms with Gasteiger partial charge in [-0.1, -0.05) is 44.6 Å². The number of phosphoric acid groups is 2. The van der Waals surface area contributed by atoms with Crippen molar-refractivity contribution in [2.45, 2.75) is 60.0 Å². The summed E-state index contributed by atoms with van der Waals surface area (Å²) in [6, 6.07) is 0. The van der Waals surface area contributed by atoms with Crippen LogP contribution in [0, 0.1) is 11.3 Å². The molecule has 3 N–H and O–H groups in total. The van der Waals surface area contributed by atoms with Gasteiger partial charge in [0.1, 0.15) is 6.29 Å². The molecule has 0 fully saturated rings. The summed E-state index contributed by atoms with van der Waals surface area (Å²) in [5.74, 6) is -0.154. The molecule has 2 unspecified atom stereocenters. The monoisotopic (exact) mass is 412 g/mol. The van der Waals surface area contributed by atoms with E-state index >= 15 is 0 Å². The van der Waals surface area contributed by atoms with Gasteiger partial charge in [-0.25, -0.2) is 9.13 Å². The molecule has 0 radical (unpaired) electrons. The Morgan fingerprint density at radius 1 is 1.15 bits per heavy atom. The predicted octanol–water partition coefficient (Wildman–Crippen LogP) is 4.14. The minimum absolute atomic E-state index is 0.154. The highest BCUT2D eigenvalue weighted by Gasteiger charge is 2.37. The Labute approximate surface area is 155 Å². The molecule has 0 aliphatic rings. The highest BCUT2D eigenvalue weighted by Crippen LogP contribution is 2.59. The second kappa shape index (κ2) is 9.56. The fourth-order valence-corrected chi connectivity index (χ4v) is 4.14. The fraction of sp³-hybridized carbons (Fsp3) is 0.688. The van der Waals surface area contributed by atoms with Gasteiger partial charge < -0.3 is 19.5 Å². The second-order valence-corrected chi connectivity index (χ2v) is 10.4. The third kappa shape index (κ3) is 12.7. The van der Waals surface area contributed by atoms with Crippen LogP contribution in [0.5, 0.6) is 0 Å². The molecule has 0 aromatic heterocycles. The number of hydrogen-bond donors (Lipinski definition) is 3. The molecule has 152 valence electrons. The zero-order chi connectivity index (χ0) is 20.8. The van der Waals surface area contributed by atoms with Gasteiger partial charge >= 0.3 is 15.6 Å². The summed E-state index contributed by atoms with van der Waals surface area (Å²) in [7, 11) is -10.0. The lowest BCUT2D eigenvalue weighted by molar-refractivity contribution is -0.109. The quantitative estimate of drug-likeness (QED) is 0.262. The molecule has 2 atom stereocenters. The Morgan fingerprint density at radius 3 is 2.15 bits per heavy atom. The van der Waals surface area contributed by atoms with Crippen LogP contribution in [0.2, 0.25) is 0 Å². The minimum Gasteiger partial charge on any atom is -0.303 e. The molecule has 0 rings (SSSR count). The molecule has 0 amide bonds. The zero-order valence-corrected chi connectivity index (χ0v) is 17.9. The molecule has 0 saturated heterocycles. The summed E-state index contributed by atoms with van der Waals surface area (Å²) in [6.45, 7) is 10.8. The highest BCUT2D eigenvalue weighted by molar-refractivity contribution is 7.60. The molecule has 0 bridgehead atoms. The number of hydrogen-bond acceptors (Lipinski definition) is 5. The highest BCUT2D eigenvalue weighted by atomic mass is 31.3. The van der Waals surface area contributed by atoms with Gasteiger partial charge in [-0.05, 0) is 39.0 Å². The van der Waals surface area contributed by atoms with Crippen molar-refractivity contribution in [1.82, 2.24) is 0 Å². The molecule has 0 heterocycles. The summed E-state index contributed by atoms with van der Waals surface area (Å²) in [4.78, 5) is 37.4. The maximum Gasteiger partial charge on any atom is 0.481 e. The van der Waals surface area contributed by atoms with E-state index in [4.69, 9.17) is 14.3 Å². The van der Waals surface area contributed by atoms with E-state index in [1.165, 1.54) is 13.8 Å². The number of rotatable bonds is 11. The largest absolute Gasteiger partial charge is 0.481 e. The van der Waals surface area contributed by atoms with Crippen LogP contribution in [0.1, 0.15) is 54.4 Å². The SMILES string of the molecule is CC(=CCC(C)(C)OP(=O)(O)OP(=O)(O)O)CC(C)(C)/C=C/C(C)C=O. The van der Waals surface area contributed by atoms with Crippen molar-refractivity contribution >= 4 is 21.9 Å². The average molecular weight is 412 g/mol. The van der Waals surface area contributed by atoms with E-state index in [-0.39, 0.29) is 17.8 Å².